The number of piperidine rings is 1. The Morgan fingerprint density at radius 1 is 1.23 bits per heavy atom. The van der Waals surface area contributed by atoms with Gasteiger partial charge < -0.3 is 34.2 Å². The number of aromatic nitrogens is 3. The van der Waals surface area contributed by atoms with E-state index in [2.05, 4.69) is 31.4 Å². The molecule has 1 aromatic carbocycles. The van der Waals surface area contributed by atoms with Gasteiger partial charge in [0, 0.05) is 44.5 Å². The standard InChI is InChI=1S/C29H39BrFN5O7/c1-29(2,3)42-28(39)35-9-7-16(8-10-35)21-12-18(43-33-21)13-23-27(40-4)25(26(38)24(15-37)41-23)36-14-22(32-34-36)17-5-6-19(30)20(31)11-17/h5-6,11,14,16,18,23-27,37-38H,7-10,12-13,15H2,1-4H3/t18?,23-,24-,25+,26+,27+/m1/s1. The Kier molecular flexibility index (Phi) is 9.71. The lowest BCUT2D eigenvalue weighted by molar-refractivity contribution is -0.219. The van der Waals surface area contributed by atoms with Crippen molar-refractivity contribution >= 4 is 27.7 Å². The molecule has 236 valence electrons. The van der Waals surface area contributed by atoms with Crippen LogP contribution >= 0.6 is 15.9 Å². The first-order valence-corrected chi connectivity index (χ1v) is 15.3. The van der Waals surface area contributed by atoms with Crippen LogP contribution in [0.2, 0.25) is 0 Å². The number of oxime groups is 1. The molecule has 2 aromatic rings. The molecular weight excluding hydrogens is 629 g/mol. The number of halogens is 2. The Bertz CT molecular complexity index is 1310. The molecule has 0 bridgehead atoms. The fraction of sp³-hybridized carbons (Fsp3) is 0.655. The average molecular weight is 669 g/mol. The zero-order chi connectivity index (χ0) is 30.9. The summed E-state index contributed by atoms with van der Waals surface area (Å²) in [6.07, 6.45) is 0.345. The first-order valence-electron chi connectivity index (χ1n) is 14.5. The van der Waals surface area contributed by atoms with E-state index in [0.717, 1.165) is 18.6 Å². The second-order valence-electron chi connectivity index (χ2n) is 12.3. The van der Waals surface area contributed by atoms with E-state index in [4.69, 9.17) is 19.0 Å². The van der Waals surface area contributed by atoms with Crippen LogP contribution in [0.4, 0.5) is 9.18 Å². The number of carbonyl (C=O) groups is 1. The first-order chi connectivity index (χ1) is 20.5. The fourth-order valence-corrected chi connectivity index (χ4v) is 6.21. The monoisotopic (exact) mass is 667 g/mol. The van der Waals surface area contributed by atoms with E-state index in [0.29, 0.717) is 41.7 Å². The Morgan fingerprint density at radius 3 is 2.63 bits per heavy atom. The van der Waals surface area contributed by atoms with Gasteiger partial charge in [-0.15, -0.1) is 5.10 Å². The molecule has 1 aromatic heterocycles. The van der Waals surface area contributed by atoms with E-state index in [9.17, 15) is 19.4 Å². The number of amides is 1. The lowest BCUT2D eigenvalue weighted by Crippen LogP contribution is -2.57. The van der Waals surface area contributed by atoms with E-state index in [1.54, 1.807) is 23.2 Å². The van der Waals surface area contributed by atoms with Crippen LogP contribution in [-0.2, 0) is 19.0 Å². The van der Waals surface area contributed by atoms with Crippen LogP contribution in [0.5, 0.6) is 0 Å². The summed E-state index contributed by atoms with van der Waals surface area (Å²) < 4.78 is 33.4. The second kappa shape index (κ2) is 13.1. The van der Waals surface area contributed by atoms with Crippen molar-refractivity contribution in [1.82, 2.24) is 19.9 Å². The number of methoxy groups -OCH3 is 1. The quantitative estimate of drug-likeness (QED) is 0.452. The van der Waals surface area contributed by atoms with E-state index in [-0.39, 0.29) is 18.1 Å². The minimum Gasteiger partial charge on any atom is -0.444 e. The molecule has 6 atom stereocenters. The molecule has 12 nitrogen and oxygen atoms in total. The van der Waals surface area contributed by atoms with Gasteiger partial charge in [-0.05, 0) is 61.7 Å². The third-order valence-electron chi connectivity index (χ3n) is 8.14. The molecule has 3 aliphatic heterocycles. The van der Waals surface area contributed by atoms with Crippen molar-refractivity contribution in [3.05, 3.63) is 34.7 Å². The number of benzene rings is 1. The Labute approximate surface area is 258 Å². The molecule has 2 saturated heterocycles. The maximum absolute atomic E-state index is 14.1. The van der Waals surface area contributed by atoms with Gasteiger partial charge in [0.25, 0.3) is 0 Å². The molecule has 2 N–H and O–H groups in total. The van der Waals surface area contributed by atoms with E-state index >= 15 is 0 Å². The van der Waals surface area contributed by atoms with Crippen LogP contribution in [0.25, 0.3) is 11.3 Å². The van der Waals surface area contributed by atoms with Crippen molar-refractivity contribution < 1.29 is 38.4 Å². The number of likely N-dealkylation sites (tertiary alicyclic amines) is 1. The van der Waals surface area contributed by atoms with Crippen molar-refractivity contribution in [2.45, 2.75) is 88.6 Å². The molecule has 0 radical (unpaired) electrons. The zero-order valence-electron chi connectivity index (χ0n) is 24.7. The van der Waals surface area contributed by atoms with Gasteiger partial charge >= 0.3 is 6.09 Å². The van der Waals surface area contributed by atoms with Crippen LogP contribution in [0.3, 0.4) is 0 Å². The Hall–Kier alpha value is -2.65. The highest BCUT2D eigenvalue weighted by Gasteiger charge is 2.48. The SMILES string of the molecule is CO[C@@H]1[C@@H](n2cc(-c3ccc(Br)c(F)c3)nn2)[C@@H](O)[C@@H](CO)O[C@@H]1CC1CC(C2CCN(C(=O)OC(C)(C)C)CC2)=NO1. The van der Waals surface area contributed by atoms with Crippen molar-refractivity contribution in [2.24, 2.45) is 11.1 Å². The number of carbonyl (C=O) groups excluding carboxylic acids is 1. The van der Waals surface area contributed by atoms with Crippen LogP contribution < -0.4 is 0 Å². The minimum absolute atomic E-state index is 0.200. The number of hydrogen-bond acceptors (Lipinski definition) is 10. The van der Waals surface area contributed by atoms with Crippen LogP contribution in [-0.4, -0.2) is 105 Å². The van der Waals surface area contributed by atoms with Gasteiger partial charge in [0.1, 0.15) is 47.6 Å². The normalized spacial score (nSPS) is 28.5. The molecule has 43 heavy (non-hydrogen) atoms. The Morgan fingerprint density at radius 2 is 1.98 bits per heavy atom. The molecule has 0 spiro atoms. The van der Waals surface area contributed by atoms with Crippen molar-refractivity contribution in [2.75, 3.05) is 26.8 Å². The lowest BCUT2D eigenvalue weighted by atomic mass is 9.86. The maximum atomic E-state index is 14.1. The van der Waals surface area contributed by atoms with Gasteiger partial charge in [-0.25, -0.2) is 13.9 Å². The third kappa shape index (κ3) is 7.19. The number of rotatable bonds is 7. The zero-order valence-corrected chi connectivity index (χ0v) is 26.3. The molecule has 3 aliphatic rings. The number of aliphatic hydroxyl groups is 2. The molecule has 0 saturated carbocycles. The van der Waals surface area contributed by atoms with Crippen molar-refractivity contribution in [1.29, 1.82) is 0 Å². The summed E-state index contributed by atoms with van der Waals surface area (Å²) in [5.41, 5.74) is 1.37. The third-order valence-corrected chi connectivity index (χ3v) is 8.78. The maximum Gasteiger partial charge on any atom is 0.410 e. The average Bonchev–Trinajstić information content (AvgIpc) is 3.64. The van der Waals surface area contributed by atoms with Gasteiger partial charge in [-0.3, -0.25) is 0 Å². The lowest BCUT2D eigenvalue weighted by Gasteiger charge is -2.44. The molecule has 5 rings (SSSR count). The van der Waals surface area contributed by atoms with E-state index in [1.165, 1.54) is 17.9 Å². The first kappa shape index (κ1) is 31.8. The molecule has 1 amide bonds. The molecule has 0 aliphatic carbocycles. The van der Waals surface area contributed by atoms with Crippen LogP contribution in [0.1, 0.15) is 52.5 Å². The highest BCUT2D eigenvalue weighted by molar-refractivity contribution is 9.10. The highest BCUT2D eigenvalue weighted by atomic mass is 79.9. The summed E-state index contributed by atoms with van der Waals surface area (Å²) in [7, 11) is 1.53. The summed E-state index contributed by atoms with van der Waals surface area (Å²) in [5.74, 6) is -0.231. The molecule has 2 fully saturated rings. The number of hydrogen-bond donors (Lipinski definition) is 2. The topological polar surface area (TPSA) is 141 Å². The number of nitrogens with zero attached hydrogens (tertiary/aromatic N) is 5. The molecule has 1 unspecified atom stereocenters. The summed E-state index contributed by atoms with van der Waals surface area (Å²) in [4.78, 5) is 20.0. The predicted octanol–water partition coefficient (Wildman–Crippen LogP) is 3.71. The van der Waals surface area contributed by atoms with E-state index < -0.39 is 48.5 Å². The predicted molar refractivity (Wildman–Crippen MR) is 157 cm³/mol. The van der Waals surface area contributed by atoms with Gasteiger partial charge in [0.05, 0.1) is 29.1 Å². The molecule has 14 heteroatoms. The van der Waals surface area contributed by atoms with Gasteiger partial charge in [0.2, 0.25) is 0 Å². The van der Waals surface area contributed by atoms with Crippen LogP contribution in [0.15, 0.2) is 34.0 Å². The summed E-state index contributed by atoms with van der Waals surface area (Å²) in [6.45, 7) is 6.33. The molecule has 4 heterocycles. The summed E-state index contributed by atoms with van der Waals surface area (Å²) in [6, 6.07) is 3.92. The fourth-order valence-electron chi connectivity index (χ4n) is 5.96. The smallest absolute Gasteiger partial charge is 0.410 e. The van der Waals surface area contributed by atoms with Crippen molar-refractivity contribution in [3.63, 3.8) is 0 Å². The number of ether oxygens (including phenoxy) is 3. The van der Waals surface area contributed by atoms with E-state index in [1.807, 2.05) is 20.8 Å². The second-order valence-corrected chi connectivity index (χ2v) is 13.1. The van der Waals surface area contributed by atoms with Crippen LogP contribution in [0, 0.1) is 11.7 Å². The summed E-state index contributed by atoms with van der Waals surface area (Å²) >= 11 is 3.15. The van der Waals surface area contributed by atoms with Crippen molar-refractivity contribution in [3.8, 4) is 11.3 Å². The van der Waals surface area contributed by atoms with Gasteiger partial charge in [-0.2, -0.15) is 0 Å². The minimum atomic E-state index is -1.14. The highest BCUT2D eigenvalue weighted by Crippen LogP contribution is 2.36. The number of aliphatic hydroxyl groups excluding tert-OH is 2. The van der Waals surface area contributed by atoms with Gasteiger partial charge in [0.15, 0.2) is 0 Å². The Balaban J connectivity index is 1.23. The summed E-state index contributed by atoms with van der Waals surface area (Å²) in [5, 5.41) is 34.0. The largest absolute Gasteiger partial charge is 0.444 e. The van der Waals surface area contributed by atoms with Gasteiger partial charge in [-0.1, -0.05) is 16.4 Å². The molecular formula is C29H39BrFN5O7.